The van der Waals surface area contributed by atoms with Crippen LogP contribution in [0.2, 0.25) is 10.0 Å². The Morgan fingerprint density at radius 2 is 1.50 bits per heavy atom. The Labute approximate surface area is 193 Å². The average Bonchev–Trinajstić information content (AvgIpc) is 2.78. The number of para-hydroxylation sites is 1. The van der Waals surface area contributed by atoms with Gasteiger partial charge in [-0.2, -0.15) is 0 Å². The molecule has 0 fully saturated rings. The monoisotopic (exact) mass is 467 g/mol. The molecule has 0 aliphatic carbocycles. The van der Waals surface area contributed by atoms with E-state index in [2.05, 4.69) is 20.6 Å². The van der Waals surface area contributed by atoms with E-state index in [0.717, 1.165) is 0 Å². The minimum absolute atomic E-state index is 0.0132. The van der Waals surface area contributed by atoms with Crippen molar-refractivity contribution in [2.75, 3.05) is 10.6 Å². The van der Waals surface area contributed by atoms with Gasteiger partial charge in [-0.15, -0.1) is 0 Å². The lowest BCUT2D eigenvalue weighted by atomic mass is 10.3. The highest BCUT2D eigenvalue weighted by Crippen LogP contribution is 2.35. The van der Waals surface area contributed by atoms with E-state index in [9.17, 15) is 10.1 Å². The summed E-state index contributed by atoms with van der Waals surface area (Å²) in [5.41, 5.74) is 0.678. The summed E-state index contributed by atoms with van der Waals surface area (Å²) in [6.07, 6.45) is 1.22. The Morgan fingerprint density at radius 3 is 2.16 bits per heavy atom. The molecule has 0 aliphatic rings. The van der Waals surface area contributed by atoms with Crippen molar-refractivity contribution < 1.29 is 9.66 Å². The van der Waals surface area contributed by atoms with Crippen molar-refractivity contribution in [1.29, 1.82) is 0 Å². The number of anilines is 4. The fourth-order valence-electron chi connectivity index (χ4n) is 2.82. The van der Waals surface area contributed by atoms with Crippen LogP contribution >= 0.6 is 23.2 Å². The van der Waals surface area contributed by atoms with Crippen molar-refractivity contribution >= 4 is 51.9 Å². The second-order valence-electron chi connectivity index (χ2n) is 6.49. The first-order chi connectivity index (χ1) is 15.5. The highest BCUT2D eigenvalue weighted by atomic mass is 35.5. The first-order valence-corrected chi connectivity index (χ1v) is 10.1. The fraction of sp³-hybridized carbons (Fsp3) is 0. The lowest BCUT2D eigenvalue weighted by molar-refractivity contribution is -0.383. The summed E-state index contributed by atoms with van der Waals surface area (Å²) in [5.74, 6) is 1.34. The Kier molecular flexibility index (Phi) is 6.34. The van der Waals surface area contributed by atoms with Gasteiger partial charge in [0.2, 0.25) is 11.6 Å². The van der Waals surface area contributed by atoms with Gasteiger partial charge in [0.15, 0.2) is 0 Å². The number of nitro groups is 1. The smallest absolute Gasteiger partial charge is 0.353 e. The second kappa shape index (κ2) is 9.51. The average molecular weight is 468 g/mol. The van der Waals surface area contributed by atoms with Gasteiger partial charge < -0.3 is 15.4 Å². The number of hydrogen-bond donors (Lipinski definition) is 2. The molecule has 4 aromatic rings. The summed E-state index contributed by atoms with van der Waals surface area (Å²) in [4.78, 5) is 19.3. The molecule has 160 valence electrons. The van der Waals surface area contributed by atoms with Crippen LogP contribution in [0.25, 0.3) is 0 Å². The first-order valence-electron chi connectivity index (χ1n) is 9.31. The summed E-state index contributed by atoms with van der Waals surface area (Å²) in [6.45, 7) is 0. The topological polar surface area (TPSA) is 102 Å². The number of halogens is 2. The van der Waals surface area contributed by atoms with E-state index in [-0.39, 0.29) is 17.3 Å². The maximum atomic E-state index is 11.8. The maximum Gasteiger partial charge on any atom is 0.353 e. The molecule has 4 rings (SSSR count). The zero-order valence-corrected chi connectivity index (χ0v) is 17.8. The van der Waals surface area contributed by atoms with E-state index in [1.54, 1.807) is 36.4 Å². The minimum Gasteiger partial charge on any atom is -0.457 e. The van der Waals surface area contributed by atoms with Gasteiger partial charge in [0.25, 0.3) is 0 Å². The molecule has 1 heterocycles. The predicted octanol–water partition coefficient (Wildman–Crippen LogP) is 6.97. The van der Waals surface area contributed by atoms with Gasteiger partial charge in [-0.25, -0.2) is 9.97 Å². The number of rotatable bonds is 7. The van der Waals surface area contributed by atoms with Crippen molar-refractivity contribution in [3.8, 4) is 11.5 Å². The standard InChI is InChI=1S/C22H15Cl2N5O3/c23-14-6-11-19(18(24)12-14)28-22-20(29(30)31)21(25-13-26-22)27-15-7-9-17(10-8-15)32-16-4-2-1-3-5-16/h1-13H,(H2,25,26,27,28). The molecule has 0 radical (unpaired) electrons. The van der Waals surface area contributed by atoms with E-state index in [0.29, 0.717) is 32.9 Å². The lowest BCUT2D eigenvalue weighted by Crippen LogP contribution is -2.05. The van der Waals surface area contributed by atoms with Crippen LogP contribution in [0.3, 0.4) is 0 Å². The summed E-state index contributed by atoms with van der Waals surface area (Å²) in [5, 5.41) is 18.4. The van der Waals surface area contributed by atoms with Crippen molar-refractivity contribution in [2.45, 2.75) is 0 Å². The van der Waals surface area contributed by atoms with E-state index in [4.69, 9.17) is 27.9 Å². The molecule has 2 N–H and O–H groups in total. The number of aromatic nitrogens is 2. The zero-order valence-electron chi connectivity index (χ0n) is 16.3. The van der Waals surface area contributed by atoms with Gasteiger partial charge in [-0.05, 0) is 54.6 Å². The van der Waals surface area contributed by atoms with Crippen LogP contribution in [-0.2, 0) is 0 Å². The molecule has 0 saturated carbocycles. The summed E-state index contributed by atoms with van der Waals surface area (Å²) in [6, 6.07) is 21.0. The number of benzene rings is 3. The molecule has 0 bridgehead atoms. The molecule has 0 amide bonds. The molecule has 3 aromatic carbocycles. The van der Waals surface area contributed by atoms with Gasteiger partial charge >= 0.3 is 5.69 Å². The van der Waals surface area contributed by atoms with E-state index in [1.807, 2.05) is 30.3 Å². The Balaban J connectivity index is 1.57. The maximum absolute atomic E-state index is 11.8. The van der Waals surface area contributed by atoms with Crippen molar-refractivity contribution in [3.05, 3.63) is 99.3 Å². The number of ether oxygens (including phenoxy) is 1. The molecule has 1 aromatic heterocycles. The van der Waals surface area contributed by atoms with E-state index >= 15 is 0 Å². The van der Waals surface area contributed by atoms with Gasteiger partial charge in [0, 0.05) is 10.7 Å². The van der Waals surface area contributed by atoms with Crippen molar-refractivity contribution in [1.82, 2.24) is 9.97 Å². The van der Waals surface area contributed by atoms with Crippen molar-refractivity contribution in [3.63, 3.8) is 0 Å². The van der Waals surface area contributed by atoms with Crippen molar-refractivity contribution in [2.24, 2.45) is 0 Å². The first kappa shape index (κ1) is 21.4. The Morgan fingerprint density at radius 1 is 0.844 bits per heavy atom. The highest BCUT2D eigenvalue weighted by Gasteiger charge is 2.24. The van der Waals surface area contributed by atoms with Crippen LogP contribution in [0.4, 0.5) is 28.7 Å². The third-order valence-electron chi connectivity index (χ3n) is 4.29. The second-order valence-corrected chi connectivity index (χ2v) is 7.33. The molecule has 8 nitrogen and oxygen atoms in total. The quantitative estimate of drug-likeness (QED) is 0.223. The van der Waals surface area contributed by atoms with E-state index < -0.39 is 4.92 Å². The molecule has 0 spiro atoms. The predicted molar refractivity (Wildman–Crippen MR) is 125 cm³/mol. The summed E-state index contributed by atoms with van der Waals surface area (Å²) in [7, 11) is 0. The van der Waals surface area contributed by atoms with E-state index in [1.165, 1.54) is 12.4 Å². The van der Waals surface area contributed by atoms with Gasteiger partial charge in [-0.3, -0.25) is 10.1 Å². The van der Waals surface area contributed by atoms with Gasteiger partial charge in [0.05, 0.1) is 15.6 Å². The largest absolute Gasteiger partial charge is 0.457 e. The highest BCUT2D eigenvalue weighted by molar-refractivity contribution is 6.36. The summed E-state index contributed by atoms with van der Waals surface area (Å²) < 4.78 is 5.76. The molecule has 0 atom stereocenters. The Bertz CT molecular complexity index is 1250. The van der Waals surface area contributed by atoms with Crippen LogP contribution < -0.4 is 15.4 Å². The normalized spacial score (nSPS) is 10.4. The lowest BCUT2D eigenvalue weighted by Gasteiger charge is -2.11. The number of nitrogens with zero attached hydrogens (tertiary/aromatic N) is 3. The summed E-state index contributed by atoms with van der Waals surface area (Å²) >= 11 is 12.1. The number of nitrogens with one attached hydrogen (secondary N) is 2. The third-order valence-corrected chi connectivity index (χ3v) is 4.83. The third kappa shape index (κ3) is 5.05. The van der Waals surface area contributed by atoms with Crippen LogP contribution in [0.1, 0.15) is 0 Å². The molecular formula is C22H15Cl2N5O3. The zero-order chi connectivity index (χ0) is 22.5. The van der Waals surface area contributed by atoms with Gasteiger partial charge in [-0.1, -0.05) is 41.4 Å². The van der Waals surface area contributed by atoms with Gasteiger partial charge in [0.1, 0.15) is 17.8 Å². The molecule has 0 unspecified atom stereocenters. The minimum atomic E-state index is -0.568. The molecule has 10 heteroatoms. The molecule has 0 saturated heterocycles. The van der Waals surface area contributed by atoms with Crippen LogP contribution in [0.15, 0.2) is 79.1 Å². The molecule has 32 heavy (non-hydrogen) atoms. The molecule has 0 aliphatic heterocycles. The van der Waals surface area contributed by atoms with Crippen LogP contribution in [-0.4, -0.2) is 14.9 Å². The molecular weight excluding hydrogens is 453 g/mol. The Hall–Kier alpha value is -3.88. The fourth-order valence-corrected chi connectivity index (χ4v) is 3.28. The SMILES string of the molecule is O=[N+]([O-])c1c(Nc2ccc(Oc3ccccc3)cc2)ncnc1Nc1ccc(Cl)cc1Cl. The number of hydrogen-bond acceptors (Lipinski definition) is 7. The van der Waals surface area contributed by atoms with Crippen LogP contribution in [0, 0.1) is 10.1 Å². The van der Waals surface area contributed by atoms with Crippen LogP contribution in [0.5, 0.6) is 11.5 Å².